The van der Waals surface area contributed by atoms with Gasteiger partial charge in [-0.05, 0) is 159 Å². The van der Waals surface area contributed by atoms with Crippen LogP contribution in [0.4, 0.5) is 4.79 Å². The summed E-state index contributed by atoms with van der Waals surface area (Å²) in [6, 6.07) is 0. The molecule has 3 saturated carbocycles. The smallest absolute Gasteiger partial charge is 0.407 e. The van der Waals surface area contributed by atoms with Gasteiger partial charge in [-0.15, -0.1) is 0 Å². The molecule has 0 saturated heterocycles. The van der Waals surface area contributed by atoms with Crippen molar-refractivity contribution in [1.29, 1.82) is 0 Å². The molecule has 0 aliphatic heterocycles. The van der Waals surface area contributed by atoms with Crippen molar-refractivity contribution in [2.75, 3.05) is 33.5 Å². The topological polar surface area (TPSA) is 147 Å². The molecule has 4 aliphatic rings. The highest BCUT2D eigenvalue weighted by Gasteiger charge is 2.59. The van der Waals surface area contributed by atoms with Crippen LogP contribution in [-0.4, -0.2) is 85.1 Å². The number of hydrogen-bond acceptors (Lipinski definition) is 8. The molecule has 8 atom stereocenters. The predicted molar refractivity (Wildman–Crippen MR) is 261 cm³/mol. The molecular weight excluding hydrogens is 819 g/mol. The number of amides is 4. The Morgan fingerprint density at radius 2 is 1.48 bits per heavy atom. The van der Waals surface area contributed by atoms with Crippen molar-refractivity contribution in [2.45, 2.75) is 222 Å². The minimum absolute atomic E-state index is 0.0205. The van der Waals surface area contributed by atoms with E-state index in [0.717, 1.165) is 54.8 Å². The molecule has 4 N–H and O–H groups in total. The summed E-state index contributed by atoms with van der Waals surface area (Å²) in [5, 5.41) is 10.5. The first-order chi connectivity index (χ1) is 30.4. The summed E-state index contributed by atoms with van der Waals surface area (Å²) in [5.41, 5.74) is 3.73. The zero-order valence-electron chi connectivity index (χ0n) is 43.5. The minimum atomic E-state index is -0.551. The molecule has 4 aliphatic carbocycles. The van der Waals surface area contributed by atoms with Gasteiger partial charge in [-0.3, -0.25) is 19.8 Å². The summed E-state index contributed by atoms with van der Waals surface area (Å²) >= 11 is 0. The van der Waals surface area contributed by atoms with Crippen molar-refractivity contribution in [2.24, 2.45) is 46.3 Å². The average Bonchev–Trinajstić information content (AvgIpc) is 3.57. The molecule has 0 aromatic heterocycles. The molecule has 12 heteroatoms. The van der Waals surface area contributed by atoms with Crippen LogP contribution in [0.1, 0.15) is 199 Å². The Labute approximate surface area is 395 Å². The molecule has 0 aromatic rings. The molecule has 0 aromatic carbocycles. The van der Waals surface area contributed by atoms with Gasteiger partial charge in [0, 0.05) is 58.0 Å². The second-order valence-corrected chi connectivity index (χ2v) is 23.6. The highest BCUT2D eigenvalue weighted by Crippen LogP contribution is 2.67. The number of carbonyl (C=O) groups excluding carboxylic acids is 4. The predicted octanol–water partition coefficient (Wildman–Crippen LogP) is 10.4. The Bertz CT molecular complexity index is 1600. The summed E-state index contributed by atoms with van der Waals surface area (Å²) in [4.78, 5) is 49.8. The lowest BCUT2D eigenvalue weighted by atomic mass is 9.47. The number of alkyl carbamates (subject to hydrolysis) is 1. The third-order valence-corrected chi connectivity index (χ3v) is 16.4. The number of hydrazine groups is 1. The summed E-state index contributed by atoms with van der Waals surface area (Å²) in [6.07, 6.45) is 19.1. The third-order valence-electron chi connectivity index (χ3n) is 16.4. The van der Waals surface area contributed by atoms with Gasteiger partial charge in [0.15, 0.2) is 0 Å². The monoisotopic (exact) mass is 914 g/mol. The van der Waals surface area contributed by atoms with Crippen molar-refractivity contribution in [3.8, 4) is 0 Å². The molecule has 3 fully saturated rings. The van der Waals surface area contributed by atoms with Gasteiger partial charge < -0.3 is 30.2 Å². The van der Waals surface area contributed by atoms with E-state index < -0.39 is 11.2 Å². The van der Waals surface area contributed by atoms with E-state index >= 15 is 0 Å². The number of nitrogens with zero attached hydrogens (tertiary/aromatic N) is 1. The maximum absolute atomic E-state index is 13.0. The van der Waals surface area contributed by atoms with Crippen molar-refractivity contribution in [1.82, 2.24) is 26.4 Å². The normalized spacial score (nSPS) is 27.2. The second kappa shape index (κ2) is 24.0. The number of hydrogen-bond donors (Lipinski definition) is 4. The summed E-state index contributed by atoms with van der Waals surface area (Å²) in [5.74, 6) is 4.60. The van der Waals surface area contributed by atoms with Crippen LogP contribution in [0, 0.1) is 46.3 Å². The van der Waals surface area contributed by atoms with Crippen molar-refractivity contribution < 1.29 is 33.4 Å². The lowest BCUT2D eigenvalue weighted by Crippen LogP contribution is -2.51. The Balaban J connectivity index is 1.07. The Hall–Kier alpha value is -2.70. The molecule has 4 unspecified atom stereocenters. The zero-order chi connectivity index (χ0) is 48.2. The molecule has 0 heterocycles. The number of ether oxygens (including phenoxy) is 3. The first-order valence-electron chi connectivity index (χ1n) is 25.9. The SMILES string of the molecule is CCC(=O)NC(C)(C)CCOC(C)(C)CCNC(=O)CCCC(=O)NN(C)COC(C)(C)CCNC(=O)O[C@H]1CC[C@@]2(C)C(=CCC3C4CCC([C@H](C)CCCC(C)C)[C@@]4(C)CCC32)C1. The molecule has 0 radical (unpaired) electrons. The van der Waals surface area contributed by atoms with Gasteiger partial charge in [0.25, 0.3) is 0 Å². The fourth-order valence-electron chi connectivity index (χ4n) is 12.2. The average molecular weight is 914 g/mol. The van der Waals surface area contributed by atoms with Gasteiger partial charge in [-0.2, -0.15) is 5.01 Å². The Kier molecular flexibility index (Phi) is 20.3. The largest absolute Gasteiger partial charge is 0.446 e. The minimum Gasteiger partial charge on any atom is -0.446 e. The number of nitrogens with one attached hydrogen (secondary N) is 4. The number of rotatable bonds is 26. The first kappa shape index (κ1) is 54.9. The highest BCUT2D eigenvalue weighted by atomic mass is 16.6. The molecular formula is C53H95N5O7. The van der Waals surface area contributed by atoms with Crippen LogP contribution in [0.5, 0.6) is 0 Å². The highest BCUT2D eigenvalue weighted by molar-refractivity contribution is 5.78. The van der Waals surface area contributed by atoms with Gasteiger partial charge in [-0.25, -0.2) is 4.79 Å². The van der Waals surface area contributed by atoms with Crippen LogP contribution < -0.4 is 21.4 Å². The second-order valence-electron chi connectivity index (χ2n) is 23.6. The maximum Gasteiger partial charge on any atom is 0.407 e. The molecule has 0 spiro atoms. The van der Waals surface area contributed by atoms with Gasteiger partial charge in [0.1, 0.15) is 12.8 Å². The lowest BCUT2D eigenvalue weighted by Gasteiger charge is -2.58. The van der Waals surface area contributed by atoms with E-state index in [2.05, 4.69) is 62.1 Å². The molecule has 12 nitrogen and oxygen atoms in total. The fourth-order valence-corrected chi connectivity index (χ4v) is 12.2. The van der Waals surface area contributed by atoms with Gasteiger partial charge in [-0.1, -0.05) is 72.5 Å². The van der Waals surface area contributed by atoms with Crippen molar-refractivity contribution in [3.05, 3.63) is 11.6 Å². The van der Waals surface area contributed by atoms with E-state index in [4.69, 9.17) is 14.2 Å². The van der Waals surface area contributed by atoms with Crippen LogP contribution in [-0.2, 0) is 28.6 Å². The standard InChI is InChI=1S/C53H95N5O7/c1-14-45(59)56-49(5,6)31-34-63-50(7,8)29-32-54-46(60)19-16-20-47(61)57-58(13)36-64-51(9,10)30-33-55-48(62)65-40-25-27-52(11)39(35-40)21-22-41-43-24-23-42(38(4)18-15-17-37(2)3)53(43,12)28-26-44(41)52/h21,37-38,40-44H,14-20,22-36H2,1-13H3,(H,54,60)(H,55,62)(H,56,59)(H,57,61)/t38-,40+,41?,42?,43?,44?,52+,53-/m1/s1. The number of allylic oxidation sites excluding steroid dienone is 1. The molecule has 65 heavy (non-hydrogen) atoms. The third kappa shape index (κ3) is 16.5. The maximum atomic E-state index is 13.0. The molecule has 374 valence electrons. The summed E-state index contributed by atoms with van der Waals surface area (Å²) in [6.45, 7) is 27.7. The van der Waals surface area contributed by atoms with E-state index in [1.165, 1.54) is 56.9 Å². The first-order valence-corrected chi connectivity index (χ1v) is 25.9. The van der Waals surface area contributed by atoms with Crippen LogP contribution in [0.2, 0.25) is 0 Å². The van der Waals surface area contributed by atoms with Crippen molar-refractivity contribution in [3.63, 3.8) is 0 Å². The molecule has 4 rings (SSSR count). The quantitative estimate of drug-likeness (QED) is 0.0381. The molecule has 0 bridgehead atoms. The number of carbonyl (C=O) groups is 4. The van der Waals surface area contributed by atoms with Gasteiger partial charge >= 0.3 is 6.09 Å². The van der Waals surface area contributed by atoms with Crippen molar-refractivity contribution >= 4 is 23.8 Å². The summed E-state index contributed by atoms with van der Waals surface area (Å²) in [7, 11) is 1.74. The van der Waals surface area contributed by atoms with Gasteiger partial charge in [0.05, 0.1) is 11.2 Å². The molecule has 4 amide bonds. The summed E-state index contributed by atoms with van der Waals surface area (Å²) < 4.78 is 18.2. The Morgan fingerprint density at radius 1 is 0.800 bits per heavy atom. The van der Waals surface area contributed by atoms with Crippen LogP contribution in [0.25, 0.3) is 0 Å². The fraction of sp³-hybridized carbons (Fsp3) is 0.887. The Morgan fingerprint density at radius 3 is 2.17 bits per heavy atom. The van der Waals surface area contributed by atoms with E-state index in [-0.39, 0.29) is 60.4 Å². The zero-order valence-corrected chi connectivity index (χ0v) is 43.5. The van der Waals surface area contributed by atoms with Gasteiger partial charge in [0.2, 0.25) is 17.7 Å². The van der Waals surface area contributed by atoms with Crippen LogP contribution in [0.3, 0.4) is 0 Å². The van der Waals surface area contributed by atoms with Crippen LogP contribution in [0.15, 0.2) is 11.6 Å². The lowest BCUT2D eigenvalue weighted by molar-refractivity contribution is -0.133. The van der Waals surface area contributed by atoms with E-state index in [1.54, 1.807) is 12.1 Å². The van der Waals surface area contributed by atoms with E-state index in [1.807, 2.05) is 48.5 Å². The van der Waals surface area contributed by atoms with E-state index in [0.29, 0.717) is 57.2 Å². The van der Waals surface area contributed by atoms with E-state index in [9.17, 15) is 19.2 Å². The number of fused-ring (bicyclic) bond motifs is 5. The van der Waals surface area contributed by atoms with Crippen LogP contribution >= 0.6 is 0 Å².